The fraction of sp³-hybridized carbons (Fsp3) is 0.118. The first-order valence-electron chi connectivity index (χ1n) is 6.65. The zero-order valence-electron chi connectivity index (χ0n) is 10.9. The van der Waals surface area contributed by atoms with Crippen LogP contribution in [0.15, 0.2) is 65.6 Å². The van der Waals surface area contributed by atoms with Crippen LogP contribution in [-0.2, 0) is 6.54 Å². The first-order valence-corrected chi connectivity index (χ1v) is 6.65. The van der Waals surface area contributed by atoms with Crippen LogP contribution in [0.5, 0.6) is 5.75 Å². The summed E-state index contributed by atoms with van der Waals surface area (Å²) in [5.41, 5.74) is 4.89. The van der Waals surface area contributed by atoms with Gasteiger partial charge in [-0.1, -0.05) is 24.3 Å². The number of hydrogen-bond acceptors (Lipinski definition) is 2. The van der Waals surface area contributed by atoms with E-state index in [0.29, 0.717) is 5.75 Å². The van der Waals surface area contributed by atoms with Gasteiger partial charge in [0, 0.05) is 17.2 Å². The lowest BCUT2D eigenvalue weighted by molar-refractivity contribution is -0.698. The number of fused-ring (bicyclic) bond motifs is 2. The lowest BCUT2D eigenvalue weighted by Crippen LogP contribution is -2.43. The standard InChI is InChI=1S/C17H13NO2/c19-14-5-6-16-17(13-7-8-20-11-13)15-4-2-1-3-12(15)9-18(16)10-14/h1-8,10-11,17H,9H2/p+1. The molecule has 2 aromatic heterocycles. The predicted molar refractivity (Wildman–Crippen MR) is 73.5 cm³/mol. The van der Waals surface area contributed by atoms with E-state index in [9.17, 15) is 5.11 Å². The highest BCUT2D eigenvalue weighted by Crippen LogP contribution is 2.35. The maximum Gasteiger partial charge on any atom is 0.211 e. The Balaban J connectivity index is 1.98. The molecule has 1 N–H and O–H groups in total. The van der Waals surface area contributed by atoms with Gasteiger partial charge in [-0.2, -0.15) is 4.57 Å². The van der Waals surface area contributed by atoms with E-state index in [1.807, 2.05) is 12.1 Å². The Kier molecular flexibility index (Phi) is 2.39. The first-order chi connectivity index (χ1) is 9.83. The number of aromatic hydroxyl groups is 1. The Hall–Kier alpha value is -2.55. The molecule has 1 aromatic carbocycles. The van der Waals surface area contributed by atoms with Crippen LogP contribution in [0.4, 0.5) is 0 Å². The van der Waals surface area contributed by atoms with Gasteiger partial charge in [-0.25, -0.2) is 0 Å². The second-order valence-electron chi connectivity index (χ2n) is 5.13. The molecule has 1 aliphatic heterocycles. The summed E-state index contributed by atoms with van der Waals surface area (Å²) in [5.74, 6) is 0.443. The SMILES string of the molecule is Oc1ccc2[n+](c1)Cc1ccccc1C2c1ccoc1. The normalized spacial score (nSPS) is 16.5. The first kappa shape index (κ1) is 11.3. The smallest absolute Gasteiger partial charge is 0.211 e. The van der Waals surface area contributed by atoms with Crippen LogP contribution in [-0.4, -0.2) is 5.11 Å². The quantitative estimate of drug-likeness (QED) is 0.537. The fourth-order valence-electron chi connectivity index (χ4n) is 3.03. The minimum Gasteiger partial charge on any atom is -0.503 e. The summed E-state index contributed by atoms with van der Waals surface area (Å²) in [6, 6.07) is 14.2. The van der Waals surface area contributed by atoms with Crippen LogP contribution in [0.1, 0.15) is 28.3 Å². The van der Waals surface area contributed by atoms with Gasteiger partial charge in [0.2, 0.25) is 6.20 Å². The van der Waals surface area contributed by atoms with Gasteiger partial charge in [0.05, 0.1) is 18.4 Å². The van der Waals surface area contributed by atoms with E-state index in [-0.39, 0.29) is 5.92 Å². The third-order valence-electron chi connectivity index (χ3n) is 3.92. The number of hydrogen-bond donors (Lipinski definition) is 1. The van der Waals surface area contributed by atoms with Crippen molar-refractivity contribution >= 4 is 0 Å². The molecule has 3 nitrogen and oxygen atoms in total. The molecule has 3 heteroatoms. The summed E-state index contributed by atoms with van der Waals surface area (Å²) in [7, 11) is 0. The van der Waals surface area contributed by atoms with Crippen molar-refractivity contribution in [3.8, 4) is 5.75 Å². The molecule has 3 aromatic rings. The van der Waals surface area contributed by atoms with Gasteiger partial charge >= 0.3 is 0 Å². The molecule has 3 heterocycles. The van der Waals surface area contributed by atoms with E-state index < -0.39 is 0 Å². The van der Waals surface area contributed by atoms with Crippen molar-refractivity contribution < 1.29 is 14.1 Å². The van der Waals surface area contributed by atoms with Crippen molar-refractivity contribution in [2.24, 2.45) is 0 Å². The summed E-state index contributed by atoms with van der Waals surface area (Å²) in [6.45, 7) is 0.786. The molecule has 1 unspecified atom stereocenters. The Morgan fingerprint density at radius 2 is 2.00 bits per heavy atom. The average molecular weight is 264 g/mol. The minimum atomic E-state index is 0.152. The van der Waals surface area contributed by atoms with E-state index in [0.717, 1.165) is 12.1 Å². The van der Waals surface area contributed by atoms with Crippen LogP contribution in [0.2, 0.25) is 0 Å². The molecule has 0 bridgehead atoms. The molecule has 4 rings (SSSR count). The maximum atomic E-state index is 9.71. The van der Waals surface area contributed by atoms with Crippen molar-refractivity contribution in [1.82, 2.24) is 0 Å². The van der Waals surface area contributed by atoms with Crippen LogP contribution in [0, 0.1) is 0 Å². The summed E-state index contributed by atoms with van der Waals surface area (Å²) < 4.78 is 7.37. The number of rotatable bonds is 1. The average Bonchev–Trinajstić information content (AvgIpc) is 2.98. The Labute approximate surface area is 116 Å². The summed E-state index contributed by atoms with van der Waals surface area (Å²) in [5, 5.41) is 9.71. The van der Waals surface area contributed by atoms with Gasteiger partial charge in [0.1, 0.15) is 0 Å². The highest BCUT2D eigenvalue weighted by atomic mass is 16.3. The number of nitrogens with zero attached hydrogens (tertiary/aromatic N) is 1. The van der Waals surface area contributed by atoms with E-state index >= 15 is 0 Å². The fourth-order valence-corrected chi connectivity index (χ4v) is 3.03. The Bertz CT molecular complexity index is 762. The van der Waals surface area contributed by atoms with E-state index in [1.54, 1.807) is 24.8 Å². The van der Waals surface area contributed by atoms with E-state index in [2.05, 4.69) is 28.8 Å². The van der Waals surface area contributed by atoms with E-state index in [1.165, 1.54) is 16.8 Å². The molecule has 0 fully saturated rings. The number of furan rings is 1. The van der Waals surface area contributed by atoms with Gasteiger partial charge in [-0.15, -0.1) is 0 Å². The van der Waals surface area contributed by atoms with Crippen molar-refractivity contribution in [2.45, 2.75) is 12.5 Å². The van der Waals surface area contributed by atoms with Crippen LogP contribution in [0.25, 0.3) is 0 Å². The zero-order chi connectivity index (χ0) is 13.5. The van der Waals surface area contributed by atoms with Crippen LogP contribution in [0.3, 0.4) is 0 Å². The molecule has 1 aliphatic rings. The topological polar surface area (TPSA) is 37.2 Å². The highest BCUT2D eigenvalue weighted by molar-refractivity contribution is 5.43. The molecular weight excluding hydrogens is 250 g/mol. The molecule has 0 spiro atoms. The molecule has 98 valence electrons. The number of aromatic nitrogens is 1. The second-order valence-corrected chi connectivity index (χ2v) is 5.13. The Morgan fingerprint density at radius 1 is 1.10 bits per heavy atom. The third kappa shape index (κ3) is 1.63. The number of pyridine rings is 1. The largest absolute Gasteiger partial charge is 0.503 e. The van der Waals surface area contributed by atoms with Crippen molar-refractivity contribution in [3.05, 3.63) is 83.6 Å². The van der Waals surface area contributed by atoms with Crippen LogP contribution < -0.4 is 4.57 Å². The maximum absolute atomic E-state index is 9.71. The van der Waals surface area contributed by atoms with Gasteiger partial charge in [0.25, 0.3) is 0 Å². The summed E-state index contributed by atoms with van der Waals surface area (Å²) in [4.78, 5) is 0. The van der Waals surface area contributed by atoms with Gasteiger partial charge in [-0.3, -0.25) is 0 Å². The molecule has 20 heavy (non-hydrogen) atoms. The minimum absolute atomic E-state index is 0.152. The monoisotopic (exact) mass is 264 g/mol. The Morgan fingerprint density at radius 3 is 2.85 bits per heavy atom. The molecule has 0 amide bonds. The summed E-state index contributed by atoms with van der Waals surface area (Å²) >= 11 is 0. The third-order valence-corrected chi connectivity index (χ3v) is 3.92. The van der Waals surface area contributed by atoms with Gasteiger partial charge in [0.15, 0.2) is 18.0 Å². The molecule has 1 atom stereocenters. The van der Waals surface area contributed by atoms with E-state index in [4.69, 9.17) is 4.42 Å². The number of benzene rings is 1. The van der Waals surface area contributed by atoms with Crippen molar-refractivity contribution in [1.29, 1.82) is 0 Å². The molecule has 0 saturated carbocycles. The second kappa shape index (κ2) is 4.23. The molecule has 0 radical (unpaired) electrons. The highest BCUT2D eigenvalue weighted by Gasteiger charge is 2.33. The molecule has 0 aliphatic carbocycles. The van der Waals surface area contributed by atoms with Gasteiger partial charge in [-0.05, 0) is 17.7 Å². The van der Waals surface area contributed by atoms with Crippen LogP contribution >= 0.6 is 0 Å². The predicted octanol–water partition coefficient (Wildman–Crippen LogP) is 2.81. The zero-order valence-corrected chi connectivity index (χ0v) is 10.9. The molecular formula is C17H14NO2+. The van der Waals surface area contributed by atoms with Gasteiger partial charge < -0.3 is 9.52 Å². The lowest BCUT2D eigenvalue weighted by Gasteiger charge is -2.22. The van der Waals surface area contributed by atoms with Crippen molar-refractivity contribution in [3.63, 3.8) is 0 Å². The lowest BCUT2D eigenvalue weighted by atomic mass is 9.84. The molecule has 0 saturated heterocycles. The summed E-state index contributed by atoms with van der Waals surface area (Å²) in [6.07, 6.45) is 5.29. The van der Waals surface area contributed by atoms with Crippen molar-refractivity contribution in [2.75, 3.05) is 0 Å².